The van der Waals surface area contributed by atoms with Crippen molar-refractivity contribution in [1.82, 2.24) is 41.2 Å². The largest absolute Gasteiger partial charge is 0.307 e. The van der Waals surface area contributed by atoms with Crippen LogP contribution in [0.4, 0.5) is 0 Å². The van der Waals surface area contributed by atoms with Gasteiger partial charge in [-0.3, -0.25) is 19.9 Å². The van der Waals surface area contributed by atoms with Crippen molar-refractivity contribution < 1.29 is 26.3 Å². The van der Waals surface area contributed by atoms with Gasteiger partial charge in [0.1, 0.15) is 0 Å². The number of hydrogen-bond donors (Lipinski definition) is 4. The molecular weight excluding hydrogens is 798 g/mol. The van der Waals surface area contributed by atoms with Crippen molar-refractivity contribution >= 4 is 40.4 Å². The van der Waals surface area contributed by atoms with Crippen LogP contribution >= 0.6 is 40.4 Å². The van der Waals surface area contributed by atoms with Crippen molar-refractivity contribution in [3.63, 3.8) is 0 Å². The van der Waals surface area contributed by atoms with Gasteiger partial charge in [0.15, 0.2) is 0 Å². The molecule has 0 saturated heterocycles. The fourth-order valence-corrected chi connectivity index (χ4v) is 6.19. The molecule has 2 fully saturated rings. The molecule has 8 nitrogen and oxygen atoms in total. The van der Waals surface area contributed by atoms with Crippen LogP contribution in [0.1, 0.15) is 74.1 Å². The fourth-order valence-electron chi connectivity index (χ4n) is 6.19. The van der Waals surface area contributed by atoms with Crippen molar-refractivity contribution in [3.8, 4) is 0 Å². The maximum absolute atomic E-state index is 4.76. The second-order valence-corrected chi connectivity index (χ2v) is 15.6. The van der Waals surface area contributed by atoms with Gasteiger partial charge in [-0.25, -0.2) is 0 Å². The van der Waals surface area contributed by atoms with Gasteiger partial charge < -0.3 is 21.3 Å². The van der Waals surface area contributed by atoms with E-state index in [1.807, 2.05) is 73.3 Å². The summed E-state index contributed by atoms with van der Waals surface area (Å²) in [5.74, 6) is 0. The summed E-state index contributed by atoms with van der Waals surface area (Å²) in [5, 5.41) is 14.7. The van der Waals surface area contributed by atoms with Crippen LogP contribution in [0.3, 0.4) is 0 Å². The quantitative estimate of drug-likeness (QED) is 0.106. The first-order valence-electron chi connectivity index (χ1n) is 16.9. The molecule has 0 radical (unpaired) electrons. The second-order valence-electron chi connectivity index (χ2n) is 11.9. The molecule has 4 atom stereocenters. The van der Waals surface area contributed by atoms with Crippen LogP contribution in [0, 0.1) is 0 Å². The molecule has 2 saturated carbocycles. The minimum Gasteiger partial charge on any atom is -0.307 e. The molecule has 4 aromatic heterocycles. The summed E-state index contributed by atoms with van der Waals surface area (Å²) in [4.78, 5) is 17.6. The van der Waals surface area contributed by atoms with E-state index in [2.05, 4.69) is 65.5 Å². The average molecular weight is 846 g/mol. The number of hydrogen-bond acceptors (Lipinski definition) is 8. The SMILES string of the molecule is [Cl][Fe][Cl].[Cl][Fe][Cl].c1ccc(CN[C@H]2CCCC[C@@H]2NCc2ccccn2)nc1.c1ccc(CN[C@H]2CCCC[C@@H]2NCc2ccccn2)nc1. The van der Waals surface area contributed by atoms with Crippen LogP contribution in [-0.2, 0) is 52.4 Å². The summed E-state index contributed by atoms with van der Waals surface area (Å²) in [7, 11) is 19.1. The van der Waals surface area contributed by atoms with Crippen LogP contribution in [0.15, 0.2) is 97.6 Å². The number of halogens is 4. The molecular formula is C36H48Cl4Fe2N8. The molecule has 6 rings (SSSR count). The van der Waals surface area contributed by atoms with Gasteiger partial charge in [-0.05, 0) is 74.2 Å². The Kier molecular flexibility index (Phi) is 24.3. The standard InChI is InChI=1S/2C18H24N4.4ClH.2Fe/c2*1-2-10-18(22-14-16-8-4-6-12-20-16)17(9-1)21-13-15-7-3-5-11-19-15;;;;;;/h2*3-8,11-12,17-18,21-22H,1-2,9-10,13-14H2;4*1H;;/q;;;;;;2*+2/p-4/t2*17-,18-;;;;;;/m00....../s1. The third-order valence-electron chi connectivity index (χ3n) is 8.62. The predicted octanol–water partition coefficient (Wildman–Crippen LogP) is 8.09. The molecule has 2 aliphatic carbocycles. The third-order valence-corrected chi connectivity index (χ3v) is 8.62. The molecule has 0 aromatic carbocycles. The van der Waals surface area contributed by atoms with Crippen molar-refractivity contribution in [3.05, 3.63) is 120 Å². The van der Waals surface area contributed by atoms with Crippen LogP contribution < -0.4 is 21.3 Å². The Morgan fingerprint density at radius 1 is 0.420 bits per heavy atom. The first-order valence-corrected chi connectivity index (χ1v) is 23.0. The van der Waals surface area contributed by atoms with Crippen molar-refractivity contribution in [2.75, 3.05) is 0 Å². The van der Waals surface area contributed by atoms with Gasteiger partial charge in [0.05, 0.1) is 22.8 Å². The van der Waals surface area contributed by atoms with E-state index in [4.69, 9.17) is 40.4 Å². The molecule has 50 heavy (non-hydrogen) atoms. The molecule has 276 valence electrons. The zero-order chi connectivity index (χ0) is 35.5. The molecule has 0 amide bonds. The second kappa shape index (κ2) is 28.2. The van der Waals surface area contributed by atoms with Gasteiger partial charge in [-0.2, -0.15) is 0 Å². The van der Waals surface area contributed by atoms with E-state index in [0.29, 0.717) is 24.2 Å². The maximum atomic E-state index is 4.76. The summed E-state index contributed by atoms with van der Waals surface area (Å²) >= 11 is 0.389. The molecule has 0 bridgehead atoms. The first-order chi connectivity index (χ1) is 24.7. The van der Waals surface area contributed by atoms with Crippen molar-refractivity contribution in [2.24, 2.45) is 0 Å². The van der Waals surface area contributed by atoms with Crippen LogP contribution in [-0.4, -0.2) is 44.1 Å². The summed E-state index contributed by atoms with van der Waals surface area (Å²) in [6, 6.07) is 26.4. The summed E-state index contributed by atoms with van der Waals surface area (Å²) in [6.45, 7) is 3.36. The zero-order valence-corrected chi connectivity index (χ0v) is 33.3. The number of nitrogens with one attached hydrogen (secondary N) is 4. The van der Waals surface area contributed by atoms with E-state index in [9.17, 15) is 0 Å². The monoisotopic (exact) mass is 844 g/mol. The van der Waals surface area contributed by atoms with Gasteiger partial charge in [-0.15, -0.1) is 0 Å². The number of nitrogens with zero attached hydrogens (tertiary/aromatic N) is 4. The molecule has 4 aromatic rings. The molecule has 0 aliphatic heterocycles. The Balaban J connectivity index is 0.000000234. The van der Waals surface area contributed by atoms with Gasteiger partial charge in [0, 0.05) is 75.1 Å². The van der Waals surface area contributed by atoms with E-state index >= 15 is 0 Å². The van der Waals surface area contributed by atoms with Gasteiger partial charge >= 0.3 is 66.7 Å². The van der Waals surface area contributed by atoms with Gasteiger partial charge in [-0.1, -0.05) is 49.9 Å². The third kappa shape index (κ3) is 18.4. The number of pyridine rings is 4. The van der Waals surface area contributed by atoms with Crippen LogP contribution in [0.2, 0.25) is 0 Å². The van der Waals surface area contributed by atoms with Crippen molar-refractivity contribution in [2.45, 2.75) is 102 Å². The predicted molar refractivity (Wildman–Crippen MR) is 200 cm³/mol. The fraction of sp³-hybridized carbons (Fsp3) is 0.444. The zero-order valence-electron chi connectivity index (χ0n) is 28.0. The van der Waals surface area contributed by atoms with E-state index in [1.54, 1.807) is 0 Å². The molecule has 0 spiro atoms. The Morgan fingerprint density at radius 3 is 0.820 bits per heavy atom. The van der Waals surface area contributed by atoms with Crippen LogP contribution in [0.5, 0.6) is 0 Å². The Bertz CT molecular complexity index is 1150. The molecule has 4 heterocycles. The normalized spacial score (nSPS) is 19.9. The molecule has 0 unspecified atom stereocenters. The summed E-state index contributed by atoms with van der Waals surface area (Å²) in [6.07, 6.45) is 17.6. The van der Waals surface area contributed by atoms with E-state index < -0.39 is 0 Å². The van der Waals surface area contributed by atoms with Gasteiger partial charge in [0.2, 0.25) is 0 Å². The van der Waals surface area contributed by atoms with Gasteiger partial charge in [0.25, 0.3) is 0 Å². The molecule has 4 N–H and O–H groups in total. The summed E-state index contributed by atoms with van der Waals surface area (Å²) < 4.78 is 0. The number of rotatable bonds is 12. The topological polar surface area (TPSA) is 99.7 Å². The van der Waals surface area contributed by atoms with Crippen molar-refractivity contribution in [1.29, 1.82) is 0 Å². The Morgan fingerprint density at radius 2 is 0.640 bits per heavy atom. The average Bonchev–Trinajstić information content (AvgIpc) is 3.18. The summed E-state index contributed by atoms with van der Waals surface area (Å²) in [5.41, 5.74) is 4.43. The first kappa shape index (κ1) is 43.0. The van der Waals surface area contributed by atoms with E-state index in [-0.39, 0.29) is 26.3 Å². The minimum atomic E-state index is 0.194. The van der Waals surface area contributed by atoms with Crippen LogP contribution in [0.25, 0.3) is 0 Å². The maximum Gasteiger partial charge on any atom is 0.0541 e. The van der Waals surface area contributed by atoms with E-state index in [0.717, 1.165) is 49.0 Å². The number of aromatic nitrogens is 4. The molecule has 14 heteroatoms. The smallest absolute Gasteiger partial charge is 0.0541 e. The minimum absolute atomic E-state index is 0.194. The molecule has 2 aliphatic rings. The Labute approximate surface area is 327 Å². The Hall–Kier alpha value is -1.36. The van der Waals surface area contributed by atoms with E-state index in [1.165, 1.54) is 51.4 Å².